The van der Waals surface area contributed by atoms with Crippen molar-refractivity contribution in [3.05, 3.63) is 35.7 Å². The third kappa shape index (κ3) is 2.41. The molecule has 0 aliphatic rings. The van der Waals surface area contributed by atoms with Crippen molar-refractivity contribution in [3.63, 3.8) is 0 Å². The number of hydrogen-bond acceptors (Lipinski definition) is 1. The molecule has 1 nitrogen and oxygen atoms in total. The average molecular weight is 175 g/mol. The van der Waals surface area contributed by atoms with Gasteiger partial charge in [-0.05, 0) is 37.0 Å². The molecule has 70 valence electrons. The van der Waals surface area contributed by atoms with Gasteiger partial charge in [0.05, 0.1) is 0 Å². The van der Waals surface area contributed by atoms with Crippen LogP contribution in [0.3, 0.4) is 0 Å². The number of hydrogen-bond donors (Lipinski definition) is 0. The quantitative estimate of drug-likeness (QED) is 0.670. The second kappa shape index (κ2) is 4.22. The van der Waals surface area contributed by atoms with Gasteiger partial charge in [-0.2, -0.15) is 0 Å². The van der Waals surface area contributed by atoms with Crippen LogP contribution < -0.4 is 0 Å². The first-order chi connectivity index (χ1) is 6.13. The predicted octanol–water partition coefficient (Wildman–Crippen LogP) is 3.53. The highest BCUT2D eigenvalue weighted by Crippen LogP contribution is 2.25. The Hall–Kier alpha value is -1.11. The zero-order chi connectivity index (χ0) is 9.84. The Morgan fingerprint density at radius 2 is 2.00 bits per heavy atom. The molecule has 1 heterocycles. The fourth-order valence-corrected chi connectivity index (χ4v) is 1.72. The smallest absolute Gasteiger partial charge is 0.0343 e. The van der Waals surface area contributed by atoms with E-state index in [4.69, 9.17) is 0 Å². The van der Waals surface area contributed by atoms with E-state index in [1.165, 1.54) is 16.7 Å². The van der Waals surface area contributed by atoms with Crippen LogP contribution in [0.25, 0.3) is 5.57 Å². The molecular weight excluding hydrogens is 158 g/mol. The van der Waals surface area contributed by atoms with Crippen molar-refractivity contribution in [3.8, 4) is 0 Å². The Kier molecular flexibility index (Phi) is 3.24. The number of rotatable bonds is 2. The SMILES string of the molecule is CC(C)=C(c1cccnc1)C(C)C. The minimum absolute atomic E-state index is 0.564. The molecule has 1 heteroatoms. The molecule has 1 rings (SSSR count). The van der Waals surface area contributed by atoms with Crippen molar-refractivity contribution in [2.75, 3.05) is 0 Å². The highest BCUT2D eigenvalue weighted by Gasteiger charge is 2.07. The van der Waals surface area contributed by atoms with Crippen LogP contribution in [-0.2, 0) is 0 Å². The van der Waals surface area contributed by atoms with Crippen LogP contribution in [0.15, 0.2) is 30.1 Å². The van der Waals surface area contributed by atoms with E-state index < -0.39 is 0 Å². The fraction of sp³-hybridized carbons (Fsp3) is 0.417. The molecule has 0 amide bonds. The molecule has 0 saturated carbocycles. The monoisotopic (exact) mass is 175 g/mol. The molecule has 0 fully saturated rings. The highest BCUT2D eigenvalue weighted by molar-refractivity contribution is 5.68. The zero-order valence-corrected chi connectivity index (χ0v) is 8.83. The fourth-order valence-electron chi connectivity index (χ4n) is 1.72. The van der Waals surface area contributed by atoms with Gasteiger partial charge in [0.1, 0.15) is 0 Å². The van der Waals surface area contributed by atoms with Gasteiger partial charge in [0.25, 0.3) is 0 Å². The average Bonchev–Trinajstić information content (AvgIpc) is 2.04. The Morgan fingerprint density at radius 1 is 1.31 bits per heavy atom. The standard InChI is InChI=1S/C12H17N/c1-9(2)12(10(3)4)11-6-5-7-13-8-11/h5-9H,1-4H3. The van der Waals surface area contributed by atoms with Gasteiger partial charge in [-0.3, -0.25) is 4.98 Å². The number of nitrogens with zero attached hydrogens (tertiary/aromatic N) is 1. The first kappa shape index (κ1) is 9.97. The van der Waals surface area contributed by atoms with Gasteiger partial charge in [-0.15, -0.1) is 0 Å². The molecular formula is C12H17N. The van der Waals surface area contributed by atoms with Gasteiger partial charge in [0.15, 0.2) is 0 Å². The Bertz CT molecular complexity index is 292. The maximum Gasteiger partial charge on any atom is 0.0343 e. The lowest BCUT2D eigenvalue weighted by Gasteiger charge is -2.13. The molecule has 0 unspecified atom stereocenters. The van der Waals surface area contributed by atoms with E-state index in [1.807, 2.05) is 18.5 Å². The van der Waals surface area contributed by atoms with Gasteiger partial charge in [-0.25, -0.2) is 0 Å². The summed E-state index contributed by atoms with van der Waals surface area (Å²) in [5, 5.41) is 0. The van der Waals surface area contributed by atoms with Gasteiger partial charge in [0.2, 0.25) is 0 Å². The van der Waals surface area contributed by atoms with E-state index in [9.17, 15) is 0 Å². The summed E-state index contributed by atoms with van der Waals surface area (Å²) in [5.41, 5.74) is 4.04. The number of allylic oxidation sites excluding steroid dienone is 2. The first-order valence-corrected chi connectivity index (χ1v) is 4.70. The molecule has 0 bridgehead atoms. The molecule has 0 aliphatic carbocycles. The largest absolute Gasteiger partial charge is 0.264 e. The summed E-state index contributed by atoms with van der Waals surface area (Å²) in [6.45, 7) is 8.75. The number of pyridine rings is 1. The second-order valence-electron chi connectivity index (χ2n) is 3.81. The molecule has 13 heavy (non-hydrogen) atoms. The van der Waals surface area contributed by atoms with Crippen molar-refractivity contribution >= 4 is 5.57 Å². The van der Waals surface area contributed by atoms with Gasteiger partial charge < -0.3 is 0 Å². The molecule has 0 aromatic carbocycles. The Balaban J connectivity index is 3.12. The highest BCUT2D eigenvalue weighted by atomic mass is 14.6. The van der Waals surface area contributed by atoms with Crippen LogP contribution in [0.5, 0.6) is 0 Å². The van der Waals surface area contributed by atoms with Crippen molar-refractivity contribution in [1.82, 2.24) is 4.98 Å². The summed E-state index contributed by atoms with van der Waals surface area (Å²) in [6.07, 6.45) is 3.74. The predicted molar refractivity (Wildman–Crippen MR) is 57.3 cm³/mol. The molecule has 0 radical (unpaired) electrons. The molecule has 1 aromatic heterocycles. The molecule has 0 saturated heterocycles. The molecule has 0 spiro atoms. The van der Waals surface area contributed by atoms with Crippen molar-refractivity contribution in [2.24, 2.45) is 5.92 Å². The van der Waals surface area contributed by atoms with Crippen molar-refractivity contribution in [1.29, 1.82) is 0 Å². The summed E-state index contributed by atoms with van der Waals surface area (Å²) in [5.74, 6) is 0.564. The molecule has 0 atom stereocenters. The van der Waals surface area contributed by atoms with Crippen molar-refractivity contribution in [2.45, 2.75) is 27.7 Å². The molecule has 0 N–H and O–H groups in total. The van der Waals surface area contributed by atoms with Crippen LogP contribution in [0.2, 0.25) is 0 Å². The second-order valence-corrected chi connectivity index (χ2v) is 3.81. The molecule has 0 aliphatic heterocycles. The summed E-state index contributed by atoms with van der Waals surface area (Å²) < 4.78 is 0. The first-order valence-electron chi connectivity index (χ1n) is 4.70. The van der Waals surface area contributed by atoms with Crippen molar-refractivity contribution < 1.29 is 0 Å². The van der Waals surface area contributed by atoms with E-state index in [1.54, 1.807) is 0 Å². The van der Waals surface area contributed by atoms with E-state index in [2.05, 4.69) is 38.7 Å². The topological polar surface area (TPSA) is 12.9 Å². The number of aromatic nitrogens is 1. The van der Waals surface area contributed by atoms with Crippen LogP contribution in [0, 0.1) is 5.92 Å². The Morgan fingerprint density at radius 3 is 2.38 bits per heavy atom. The zero-order valence-electron chi connectivity index (χ0n) is 8.83. The van der Waals surface area contributed by atoms with Crippen LogP contribution in [0.4, 0.5) is 0 Å². The maximum absolute atomic E-state index is 4.14. The Labute approximate surface area is 80.5 Å². The van der Waals surface area contributed by atoms with Crippen LogP contribution in [0.1, 0.15) is 33.3 Å². The third-order valence-electron chi connectivity index (χ3n) is 2.09. The molecule has 1 aromatic rings. The van der Waals surface area contributed by atoms with Crippen LogP contribution >= 0.6 is 0 Å². The minimum atomic E-state index is 0.564. The summed E-state index contributed by atoms with van der Waals surface area (Å²) in [6, 6.07) is 4.11. The third-order valence-corrected chi connectivity index (χ3v) is 2.09. The normalized spacial score (nSPS) is 10.2. The maximum atomic E-state index is 4.14. The van der Waals surface area contributed by atoms with Crippen LogP contribution in [-0.4, -0.2) is 4.98 Å². The van der Waals surface area contributed by atoms with E-state index in [-0.39, 0.29) is 0 Å². The summed E-state index contributed by atoms with van der Waals surface area (Å²) in [7, 11) is 0. The van der Waals surface area contributed by atoms with Gasteiger partial charge in [-0.1, -0.05) is 25.5 Å². The lowest BCUT2D eigenvalue weighted by Crippen LogP contribution is -1.96. The van der Waals surface area contributed by atoms with Gasteiger partial charge in [0, 0.05) is 12.4 Å². The minimum Gasteiger partial charge on any atom is -0.264 e. The van der Waals surface area contributed by atoms with Gasteiger partial charge >= 0.3 is 0 Å². The van der Waals surface area contributed by atoms with E-state index >= 15 is 0 Å². The van der Waals surface area contributed by atoms with E-state index in [0.29, 0.717) is 5.92 Å². The van der Waals surface area contributed by atoms with E-state index in [0.717, 1.165) is 0 Å². The summed E-state index contributed by atoms with van der Waals surface area (Å²) in [4.78, 5) is 4.14. The summed E-state index contributed by atoms with van der Waals surface area (Å²) >= 11 is 0. The lowest BCUT2D eigenvalue weighted by atomic mass is 9.93. The lowest BCUT2D eigenvalue weighted by molar-refractivity contribution is 0.845.